The van der Waals surface area contributed by atoms with Gasteiger partial charge in [0.25, 0.3) is 5.91 Å². The van der Waals surface area contributed by atoms with Crippen LogP contribution in [-0.4, -0.2) is 41.7 Å². The lowest BCUT2D eigenvalue weighted by Crippen LogP contribution is -2.27. The van der Waals surface area contributed by atoms with Crippen molar-refractivity contribution in [1.29, 1.82) is 0 Å². The lowest BCUT2D eigenvalue weighted by molar-refractivity contribution is -0.0506. The summed E-state index contributed by atoms with van der Waals surface area (Å²) < 4.78 is 64.3. The van der Waals surface area contributed by atoms with Crippen molar-refractivity contribution >= 4 is 19.4 Å². The Morgan fingerprint density at radius 2 is 1.93 bits per heavy atom. The number of hydrogen-bond donors (Lipinski definition) is 3. The number of phosphoric ester groups is 1. The van der Waals surface area contributed by atoms with E-state index < -0.39 is 43.7 Å². The summed E-state index contributed by atoms with van der Waals surface area (Å²) in [6.07, 6.45) is 4.42. The van der Waals surface area contributed by atoms with E-state index in [0.717, 1.165) is 0 Å². The van der Waals surface area contributed by atoms with Gasteiger partial charge in [0.05, 0.1) is 17.4 Å². The van der Waals surface area contributed by atoms with Gasteiger partial charge in [-0.05, 0) is 32.4 Å². The Morgan fingerprint density at radius 1 is 1.20 bits per heavy atom. The number of phosphoric acid groups is 1. The number of hydrogen-bond acceptors (Lipinski definition) is 7. The summed E-state index contributed by atoms with van der Waals surface area (Å²) in [5.41, 5.74) is 0.667. The normalized spacial score (nSPS) is 18.4. The highest BCUT2D eigenvalue weighted by Gasteiger charge is 2.43. The van der Waals surface area contributed by atoms with Crippen LogP contribution in [-0.2, 0) is 14.7 Å². The number of carbonyl (C=O) groups excluding carboxylic acids is 1. The number of imidazole rings is 1. The molecule has 4 aromatic rings. The van der Waals surface area contributed by atoms with E-state index in [9.17, 15) is 18.1 Å². The summed E-state index contributed by atoms with van der Waals surface area (Å²) in [6, 6.07) is 5.06. The highest BCUT2D eigenvalue weighted by Crippen LogP contribution is 2.50. The quantitative estimate of drug-likeness (QED) is 0.288. The minimum absolute atomic E-state index is 0.0338. The molecule has 40 heavy (non-hydrogen) atoms. The number of nitrogens with zero attached hydrogens (tertiary/aromatic N) is 4. The Kier molecular flexibility index (Phi) is 6.00. The van der Waals surface area contributed by atoms with E-state index in [-0.39, 0.29) is 33.9 Å². The lowest BCUT2D eigenvalue weighted by atomic mass is 9.91. The molecule has 1 amide bonds. The van der Waals surface area contributed by atoms with Gasteiger partial charge >= 0.3 is 14.4 Å². The maximum atomic E-state index is 15.3. The molecule has 2 atom stereocenters. The average Bonchev–Trinajstić information content (AvgIpc) is 3.33. The molecule has 0 fully saturated rings. The molecule has 11 nitrogen and oxygen atoms in total. The molecule has 0 radical (unpaired) electrons. The number of halogens is 3. The van der Waals surface area contributed by atoms with E-state index in [2.05, 4.69) is 20.3 Å². The van der Waals surface area contributed by atoms with Gasteiger partial charge in [-0.1, -0.05) is 6.07 Å². The average molecular weight is 575 g/mol. The largest absolute Gasteiger partial charge is 0.470 e. The molecule has 208 valence electrons. The number of amides is 1. The monoisotopic (exact) mass is 575 g/mol. The van der Waals surface area contributed by atoms with Crippen molar-refractivity contribution in [3.05, 3.63) is 77.0 Å². The van der Waals surface area contributed by atoms with Crippen LogP contribution < -0.4 is 10.1 Å². The highest BCUT2D eigenvalue weighted by atomic mass is 31.2. The van der Waals surface area contributed by atoms with Crippen LogP contribution in [0.5, 0.6) is 5.75 Å². The molecular weight excluding hydrogens is 554 g/mol. The molecule has 2 bridgehead atoms. The molecule has 0 saturated heterocycles. The Labute approximate surface area is 224 Å². The second-order valence-electron chi connectivity index (χ2n) is 9.94. The minimum atomic E-state index is -4.84. The molecule has 1 aliphatic heterocycles. The lowest BCUT2D eigenvalue weighted by Gasteiger charge is -2.23. The molecule has 1 aromatic carbocycles. The number of pyridine rings is 1. The van der Waals surface area contributed by atoms with Crippen LogP contribution >= 0.6 is 7.82 Å². The van der Waals surface area contributed by atoms with Gasteiger partial charge in [-0.25, -0.2) is 23.9 Å². The van der Waals surface area contributed by atoms with E-state index in [1.807, 2.05) is 0 Å². The van der Waals surface area contributed by atoms with Crippen LogP contribution in [0.4, 0.5) is 13.2 Å². The van der Waals surface area contributed by atoms with Crippen LogP contribution in [0.2, 0.25) is 0 Å². The van der Waals surface area contributed by atoms with E-state index in [4.69, 9.17) is 19.0 Å². The van der Waals surface area contributed by atoms with Crippen LogP contribution in [0, 0.1) is 5.82 Å². The number of alkyl halides is 2. The zero-order chi connectivity index (χ0) is 28.6. The third-order valence-corrected chi connectivity index (χ3v) is 7.63. The molecule has 3 aromatic heterocycles. The molecule has 3 N–H and O–H groups in total. The van der Waals surface area contributed by atoms with Crippen LogP contribution in [0.25, 0.3) is 16.8 Å². The second-order valence-corrected chi connectivity index (χ2v) is 11.1. The number of aromatic nitrogens is 4. The molecule has 0 spiro atoms. The first-order valence-electron chi connectivity index (χ1n) is 12.0. The maximum Gasteiger partial charge on any atom is 0.470 e. The summed E-state index contributed by atoms with van der Waals surface area (Å²) in [4.78, 5) is 44.1. The zero-order valence-electron chi connectivity index (χ0n) is 20.9. The number of fused-ring (bicyclic) bond motifs is 9. The fourth-order valence-corrected chi connectivity index (χ4v) is 6.09. The van der Waals surface area contributed by atoms with Gasteiger partial charge in [-0.2, -0.15) is 8.78 Å². The van der Waals surface area contributed by atoms with E-state index in [1.54, 1.807) is 4.40 Å². The van der Waals surface area contributed by atoms with Crippen molar-refractivity contribution in [3.8, 4) is 16.9 Å². The van der Waals surface area contributed by atoms with Crippen LogP contribution in [0.15, 0.2) is 42.9 Å². The van der Waals surface area contributed by atoms with E-state index in [0.29, 0.717) is 23.4 Å². The Bertz CT molecular complexity index is 1720. The SMILES string of the molecule is CC(C)(OP(=O)(O)O)c1ncc(-c2cn3c4c(nc3cc2F)[C@H]2C[C@@H]4c3c(OC(F)F)cccc3C(=O)N2)cn1. The van der Waals surface area contributed by atoms with Gasteiger partial charge in [0.2, 0.25) is 0 Å². The number of rotatable bonds is 6. The van der Waals surface area contributed by atoms with Gasteiger partial charge in [-0.15, -0.1) is 0 Å². The van der Waals surface area contributed by atoms with Crippen molar-refractivity contribution in [2.75, 3.05) is 0 Å². The Hall–Kier alpha value is -3.84. The molecule has 15 heteroatoms. The van der Waals surface area contributed by atoms with E-state index >= 15 is 4.39 Å². The molecule has 0 unspecified atom stereocenters. The summed E-state index contributed by atoms with van der Waals surface area (Å²) in [7, 11) is -4.84. The molecular formula is C25H21F3N5O6P. The molecule has 6 rings (SSSR count). The van der Waals surface area contributed by atoms with Crippen molar-refractivity contribution in [2.45, 2.75) is 44.4 Å². The number of carbonyl (C=O) groups is 1. The van der Waals surface area contributed by atoms with E-state index in [1.165, 1.54) is 56.7 Å². The Morgan fingerprint density at radius 3 is 2.60 bits per heavy atom. The van der Waals surface area contributed by atoms with Gasteiger partial charge in [-0.3, -0.25) is 9.32 Å². The Balaban J connectivity index is 1.46. The van der Waals surface area contributed by atoms with Crippen molar-refractivity contribution < 1.29 is 41.6 Å². The minimum Gasteiger partial charge on any atom is -0.434 e. The number of ether oxygens (including phenoxy) is 1. The van der Waals surface area contributed by atoms with Gasteiger partial charge in [0, 0.05) is 52.8 Å². The predicted molar refractivity (Wildman–Crippen MR) is 132 cm³/mol. The molecule has 4 heterocycles. The first-order chi connectivity index (χ1) is 18.8. The standard InChI is InChI=1S/C25H21F3N5O6P/c1-25(2,39-40(35,36)37)23-29-8-11(9-30-23)14-10-33-18(7-15(14)26)32-20-16-6-13(21(20)33)19-12(22(34)31-16)4-3-5-17(19)38-24(27)28/h3-5,7-10,13,16,24H,6H2,1-2H3,(H,31,34)(H2,35,36,37)/t13-,16-/m1/s1. The summed E-state index contributed by atoms with van der Waals surface area (Å²) in [5, 5.41) is 2.88. The summed E-state index contributed by atoms with van der Waals surface area (Å²) in [6.45, 7) is -0.338. The van der Waals surface area contributed by atoms with Gasteiger partial charge in [0.1, 0.15) is 22.8 Å². The molecule has 1 aliphatic carbocycles. The molecule has 0 saturated carbocycles. The van der Waals surface area contributed by atoms with Crippen LogP contribution in [0.3, 0.4) is 0 Å². The van der Waals surface area contributed by atoms with Crippen molar-refractivity contribution in [1.82, 2.24) is 24.7 Å². The van der Waals surface area contributed by atoms with Gasteiger partial charge in [0.15, 0.2) is 5.82 Å². The highest BCUT2D eigenvalue weighted by molar-refractivity contribution is 7.46. The fraction of sp³-hybridized carbons (Fsp3) is 0.280. The topological polar surface area (TPSA) is 148 Å². The number of benzene rings is 1. The smallest absolute Gasteiger partial charge is 0.434 e. The third kappa shape index (κ3) is 4.42. The predicted octanol–water partition coefficient (Wildman–Crippen LogP) is 4.20. The summed E-state index contributed by atoms with van der Waals surface area (Å²) >= 11 is 0. The first kappa shape index (κ1) is 26.4. The zero-order valence-corrected chi connectivity index (χ0v) is 21.8. The van der Waals surface area contributed by atoms with Crippen LogP contribution in [0.1, 0.15) is 65.4 Å². The molecule has 2 aliphatic rings. The third-order valence-electron chi connectivity index (χ3n) is 6.94. The first-order valence-corrected chi connectivity index (χ1v) is 13.5. The second kappa shape index (κ2) is 9.10. The number of nitrogens with one attached hydrogen (secondary N) is 1. The maximum absolute atomic E-state index is 15.3. The van der Waals surface area contributed by atoms with Crippen molar-refractivity contribution in [3.63, 3.8) is 0 Å². The van der Waals surface area contributed by atoms with Crippen molar-refractivity contribution in [2.24, 2.45) is 0 Å². The summed E-state index contributed by atoms with van der Waals surface area (Å²) in [5.74, 6) is -1.80. The fourth-order valence-electron chi connectivity index (χ4n) is 5.41. The van der Waals surface area contributed by atoms with Gasteiger partial charge < -0.3 is 24.2 Å².